The van der Waals surface area contributed by atoms with Gasteiger partial charge in [-0.25, -0.2) is 0 Å². The number of hydrogen-bond acceptors (Lipinski definition) is 3. The highest BCUT2D eigenvalue weighted by atomic mass is 16.5. The van der Waals surface area contributed by atoms with Crippen LogP contribution in [-0.2, 0) is 11.3 Å². The summed E-state index contributed by atoms with van der Waals surface area (Å²) in [5.74, 6) is 0.792. The van der Waals surface area contributed by atoms with Crippen molar-refractivity contribution in [1.29, 1.82) is 0 Å². The highest BCUT2D eigenvalue weighted by molar-refractivity contribution is 5.81. The minimum atomic E-state index is 0.428. The zero-order chi connectivity index (χ0) is 13.1. The zero-order valence-electron chi connectivity index (χ0n) is 11.3. The maximum atomic E-state index is 5.98. The first-order valence-corrected chi connectivity index (χ1v) is 6.95. The van der Waals surface area contributed by atoms with E-state index < -0.39 is 0 Å². The monoisotopic (exact) mass is 256 g/mol. The van der Waals surface area contributed by atoms with Gasteiger partial charge in [-0.1, -0.05) is 24.3 Å². The molecule has 0 bridgehead atoms. The number of benzene rings is 1. The molecule has 0 unspecified atom stereocenters. The third-order valence-electron chi connectivity index (χ3n) is 3.88. The first-order chi connectivity index (χ1) is 9.36. The fourth-order valence-corrected chi connectivity index (χ4v) is 2.76. The molecule has 1 aromatic heterocycles. The summed E-state index contributed by atoms with van der Waals surface area (Å²) in [7, 11) is 2.01. The largest absolute Gasteiger partial charge is 0.373 e. The lowest BCUT2D eigenvalue weighted by Gasteiger charge is -2.35. The topological polar surface area (TPSA) is 34.1 Å². The molecule has 0 amide bonds. The number of ether oxygens (including phenoxy) is 1. The maximum absolute atomic E-state index is 5.98. The van der Waals surface area contributed by atoms with Crippen LogP contribution in [0.25, 0.3) is 10.9 Å². The van der Waals surface area contributed by atoms with Crippen molar-refractivity contribution >= 4 is 10.9 Å². The molecule has 0 atom stereocenters. The first kappa shape index (κ1) is 12.6. The molecule has 100 valence electrons. The molecule has 0 radical (unpaired) electrons. The lowest BCUT2D eigenvalue weighted by Crippen LogP contribution is -2.36. The summed E-state index contributed by atoms with van der Waals surface area (Å²) in [6, 6.07) is 10.4. The summed E-state index contributed by atoms with van der Waals surface area (Å²) in [6.07, 6.45) is 4.63. The Kier molecular flexibility index (Phi) is 3.76. The quantitative estimate of drug-likeness (QED) is 0.893. The summed E-state index contributed by atoms with van der Waals surface area (Å²) in [4.78, 5) is 4.46. The number of hydrogen-bond donors (Lipinski definition) is 1. The second-order valence-electron chi connectivity index (χ2n) is 5.32. The van der Waals surface area contributed by atoms with Crippen molar-refractivity contribution in [1.82, 2.24) is 10.3 Å². The molecule has 1 aromatic carbocycles. The molecule has 0 saturated heterocycles. The summed E-state index contributed by atoms with van der Waals surface area (Å²) in [5.41, 5.74) is 2.26. The molecule has 2 aromatic rings. The van der Waals surface area contributed by atoms with Gasteiger partial charge >= 0.3 is 0 Å². The van der Waals surface area contributed by atoms with Crippen molar-refractivity contribution in [2.45, 2.75) is 25.6 Å². The fourth-order valence-electron chi connectivity index (χ4n) is 2.76. The Labute approximate surface area is 114 Å². The molecule has 3 rings (SSSR count). The number of fused-ring (bicyclic) bond motifs is 1. The van der Waals surface area contributed by atoms with Crippen LogP contribution in [0.3, 0.4) is 0 Å². The Morgan fingerprint density at radius 1 is 1.26 bits per heavy atom. The van der Waals surface area contributed by atoms with Gasteiger partial charge in [0.15, 0.2) is 0 Å². The van der Waals surface area contributed by atoms with Gasteiger partial charge in [-0.3, -0.25) is 4.98 Å². The third-order valence-corrected chi connectivity index (χ3v) is 3.88. The lowest BCUT2D eigenvalue weighted by molar-refractivity contribution is -0.0387. The van der Waals surface area contributed by atoms with Crippen molar-refractivity contribution < 1.29 is 4.74 Å². The van der Waals surface area contributed by atoms with Gasteiger partial charge < -0.3 is 10.1 Å². The van der Waals surface area contributed by atoms with Gasteiger partial charge in [-0.15, -0.1) is 0 Å². The van der Waals surface area contributed by atoms with Crippen LogP contribution in [0.1, 0.15) is 18.4 Å². The minimum absolute atomic E-state index is 0.428. The molecule has 1 fully saturated rings. The second-order valence-corrected chi connectivity index (χ2v) is 5.32. The van der Waals surface area contributed by atoms with Gasteiger partial charge in [-0.2, -0.15) is 0 Å². The number of para-hydroxylation sites is 1. The van der Waals surface area contributed by atoms with Crippen molar-refractivity contribution in [3.8, 4) is 0 Å². The summed E-state index contributed by atoms with van der Waals surface area (Å²) in [5, 5.41) is 4.41. The van der Waals surface area contributed by atoms with Crippen LogP contribution in [0.5, 0.6) is 0 Å². The van der Waals surface area contributed by atoms with Crippen molar-refractivity contribution in [2.24, 2.45) is 5.92 Å². The van der Waals surface area contributed by atoms with E-state index in [-0.39, 0.29) is 0 Å². The van der Waals surface area contributed by atoms with Crippen LogP contribution in [0, 0.1) is 5.92 Å². The average Bonchev–Trinajstić information content (AvgIpc) is 2.41. The number of aromatic nitrogens is 1. The molecule has 1 aliphatic carbocycles. The normalized spacial score (nSPS) is 22.4. The molecule has 0 spiro atoms. The van der Waals surface area contributed by atoms with Crippen LogP contribution < -0.4 is 5.32 Å². The highest BCUT2D eigenvalue weighted by Crippen LogP contribution is 2.30. The summed E-state index contributed by atoms with van der Waals surface area (Å²) in [6.45, 7) is 1.78. The minimum Gasteiger partial charge on any atom is -0.373 e. The van der Waals surface area contributed by atoms with Gasteiger partial charge in [0.05, 0.1) is 18.2 Å². The predicted octanol–water partition coefficient (Wildman–Crippen LogP) is 2.75. The molecule has 1 heterocycles. The molecule has 19 heavy (non-hydrogen) atoms. The van der Waals surface area contributed by atoms with E-state index in [1.54, 1.807) is 0 Å². The van der Waals surface area contributed by atoms with E-state index in [9.17, 15) is 0 Å². The number of nitrogens with zero attached hydrogens (tertiary/aromatic N) is 1. The van der Waals surface area contributed by atoms with Crippen LogP contribution >= 0.6 is 0 Å². The molecular formula is C16H20N2O. The standard InChI is InChI=1S/C16H20N2O/c1-17-10-12-8-15(9-12)19-11-14-5-2-4-13-6-3-7-18-16(13)14/h2-7,12,15,17H,8-11H2,1H3. The van der Waals surface area contributed by atoms with E-state index in [1.165, 1.54) is 23.8 Å². The zero-order valence-corrected chi connectivity index (χ0v) is 11.3. The van der Waals surface area contributed by atoms with E-state index in [4.69, 9.17) is 4.74 Å². The Balaban J connectivity index is 1.60. The van der Waals surface area contributed by atoms with E-state index in [0.717, 1.165) is 18.0 Å². The highest BCUT2D eigenvalue weighted by Gasteiger charge is 2.29. The lowest BCUT2D eigenvalue weighted by atomic mass is 9.82. The molecule has 1 aliphatic rings. The third kappa shape index (κ3) is 2.77. The van der Waals surface area contributed by atoms with Gasteiger partial charge in [0.2, 0.25) is 0 Å². The Morgan fingerprint density at radius 2 is 2.11 bits per heavy atom. The van der Waals surface area contributed by atoms with Gasteiger partial charge in [0, 0.05) is 17.1 Å². The van der Waals surface area contributed by atoms with E-state index in [0.29, 0.717) is 12.7 Å². The second kappa shape index (κ2) is 5.68. The van der Waals surface area contributed by atoms with Crippen LogP contribution in [0.4, 0.5) is 0 Å². The predicted molar refractivity (Wildman–Crippen MR) is 77.0 cm³/mol. The first-order valence-electron chi connectivity index (χ1n) is 6.95. The Bertz CT molecular complexity index is 544. The number of pyridine rings is 1. The number of nitrogens with one attached hydrogen (secondary N) is 1. The van der Waals surface area contributed by atoms with E-state index in [2.05, 4.69) is 34.6 Å². The molecular weight excluding hydrogens is 236 g/mol. The maximum Gasteiger partial charge on any atom is 0.0757 e. The van der Waals surface area contributed by atoms with Crippen LogP contribution in [0.2, 0.25) is 0 Å². The van der Waals surface area contributed by atoms with Crippen molar-refractivity contribution in [3.05, 3.63) is 42.1 Å². The SMILES string of the molecule is CNCC1CC(OCc2cccc3cccnc23)C1. The van der Waals surface area contributed by atoms with Crippen molar-refractivity contribution in [3.63, 3.8) is 0 Å². The molecule has 0 aliphatic heterocycles. The van der Waals surface area contributed by atoms with E-state index in [1.807, 2.05) is 19.3 Å². The summed E-state index contributed by atoms with van der Waals surface area (Å²) < 4.78 is 5.98. The smallest absolute Gasteiger partial charge is 0.0757 e. The molecule has 3 nitrogen and oxygen atoms in total. The fraction of sp³-hybridized carbons (Fsp3) is 0.438. The van der Waals surface area contributed by atoms with Crippen LogP contribution in [0.15, 0.2) is 36.5 Å². The van der Waals surface area contributed by atoms with E-state index >= 15 is 0 Å². The summed E-state index contributed by atoms with van der Waals surface area (Å²) >= 11 is 0. The number of rotatable bonds is 5. The van der Waals surface area contributed by atoms with Gasteiger partial charge in [0.25, 0.3) is 0 Å². The molecule has 3 heteroatoms. The Morgan fingerprint density at radius 3 is 2.95 bits per heavy atom. The Hall–Kier alpha value is -1.45. The van der Waals surface area contributed by atoms with Gasteiger partial charge in [0.1, 0.15) is 0 Å². The van der Waals surface area contributed by atoms with Gasteiger partial charge in [-0.05, 0) is 38.4 Å². The average molecular weight is 256 g/mol. The molecule has 1 N–H and O–H groups in total. The van der Waals surface area contributed by atoms with Crippen LogP contribution in [-0.4, -0.2) is 24.7 Å². The van der Waals surface area contributed by atoms with Crippen molar-refractivity contribution in [2.75, 3.05) is 13.6 Å². The molecule has 1 saturated carbocycles.